The van der Waals surface area contributed by atoms with Gasteiger partial charge in [-0.25, -0.2) is 0 Å². The third kappa shape index (κ3) is 12.2. The number of Topliss-reactive ketones (excluding diaryl/α,β-unsaturated/α-hetero) is 1. The number of ether oxygens (including phenoxy) is 12. The van der Waals surface area contributed by atoms with E-state index in [9.17, 15) is 102 Å². The Bertz CT molecular complexity index is 2440. The highest BCUT2D eigenvalue weighted by Gasteiger charge is 2.70. The van der Waals surface area contributed by atoms with Gasteiger partial charge in [0.05, 0.1) is 50.7 Å². The fourth-order valence-corrected chi connectivity index (χ4v) is 16.3. The molecule has 0 radical (unpaired) electrons. The number of aliphatic hydroxyl groups excluding tert-OH is 19. The number of esters is 1. The van der Waals surface area contributed by atoms with Crippen molar-refractivity contribution in [2.45, 2.75) is 255 Å². The highest BCUT2D eigenvalue weighted by Crippen LogP contribution is 2.74. The minimum atomic E-state index is -2.15. The van der Waals surface area contributed by atoms with Gasteiger partial charge in [0, 0.05) is 0 Å². The van der Waals surface area contributed by atoms with Crippen molar-refractivity contribution in [3.8, 4) is 0 Å². The Morgan fingerprint density at radius 2 is 0.888 bits per heavy atom. The Morgan fingerprint density at radius 3 is 1.37 bits per heavy atom. The van der Waals surface area contributed by atoms with Crippen molar-refractivity contribution in [3.63, 3.8) is 0 Å². The molecule has 35 unspecified atom stereocenters. The molecule has 89 heavy (non-hydrogen) atoms. The van der Waals surface area contributed by atoms with Crippen molar-refractivity contribution in [3.05, 3.63) is 12.2 Å². The average molecular weight is 1290 g/mol. The Kier molecular flexibility index (Phi) is 21.1. The Labute approximate surface area is 509 Å². The van der Waals surface area contributed by atoms with E-state index in [1.807, 2.05) is 0 Å². The van der Waals surface area contributed by atoms with E-state index in [-0.39, 0.29) is 25.2 Å². The number of fused-ring (bicyclic) bond motifs is 3. The lowest BCUT2D eigenvalue weighted by molar-refractivity contribution is -0.389. The Hall–Kier alpha value is -2.32. The maximum absolute atomic E-state index is 15.4. The summed E-state index contributed by atoms with van der Waals surface area (Å²) in [5, 5.41) is 203. The molecule has 4 aliphatic carbocycles. The van der Waals surface area contributed by atoms with Gasteiger partial charge in [-0.3, -0.25) is 9.59 Å². The zero-order valence-electron chi connectivity index (χ0n) is 48.9. The van der Waals surface area contributed by atoms with Crippen molar-refractivity contribution in [1.82, 2.24) is 0 Å². The fraction of sp³-hybridized carbons (Fsp3) is 0.929. The molecule has 10 aliphatic rings. The Morgan fingerprint density at radius 1 is 0.472 bits per heavy atom. The van der Waals surface area contributed by atoms with Crippen LogP contribution in [0.1, 0.15) is 71.6 Å². The molecule has 33 heteroatoms. The first-order valence-electron chi connectivity index (χ1n) is 30.3. The van der Waals surface area contributed by atoms with Gasteiger partial charge in [0.25, 0.3) is 0 Å². The van der Waals surface area contributed by atoms with Crippen LogP contribution in [0.5, 0.6) is 0 Å². The van der Waals surface area contributed by atoms with E-state index in [1.165, 1.54) is 0 Å². The van der Waals surface area contributed by atoms with Crippen LogP contribution in [-0.2, 0) is 66.4 Å². The quantitative estimate of drug-likeness (QED) is 0.0344. The summed E-state index contributed by atoms with van der Waals surface area (Å²) in [7, 11) is 0. The molecule has 0 aromatic heterocycles. The molecular weight excluding hydrogens is 1200 g/mol. The number of hydrogen-bond donors (Lipinski definition) is 19. The lowest BCUT2D eigenvalue weighted by Crippen LogP contribution is -2.68. The summed E-state index contributed by atoms with van der Waals surface area (Å²) >= 11 is 0. The number of carbonyl (C=O) groups excluding carboxylic acids is 2. The van der Waals surface area contributed by atoms with Crippen LogP contribution in [0.4, 0.5) is 0 Å². The zero-order valence-corrected chi connectivity index (χ0v) is 48.9. The number of ketones is 1. The molecular formula is C56H88O33. The molecule has 4 saturated carbocycles. The molecule has 6 aliphatic heterocycles. The van der Waals surface area contributed by atoms with Crippen LogP contribution in [0.2, 0.25) is 0 Å². The van der Waals surface area contributed by atoms with Crippen molar-refractivity contribution in [2.75, 3.05) is 39.6 Å². The smallest absolute Gasteiger partial charge is 0.314 e. The standard InChI is InChI=1S/C56H88O33/c1-19-11-55-9-5-26-53(2,7-4-8-54(26,3)52(77)88-50-44(86-48-40(75)36(71)30(65)22(14-59)80-48)42(32(67)24(16-61)82-50)84-46-38(73)34(69)28(63)20(12-57)78-46)27(55)6-10-56(19,18-55)89-51-45(87-49-41(76)37(72)31(66)23(15-60)81-49)43(33(68)25(17-62)83-51)85-47-39(74)35(70)29(64)21(13-58)79-47/h20-40,42-51,57-75H,1,4-18H2,2-3H3. The lowest BCUT2D eigenvalue weighted by atomic mass is 9.41. The molecule has 10 rings (SSSR count). The first-order valence-corrected chi connectivity index (χ1v) is 30.3. The van der Waals surface area contributed by atoms with Gasteiger partial charge in [0.2, 0.25) is 18.4 Å². The molecule has 6 saturated heterocycles. The Balaban J connectivity index is 0.922. The molecule has 0 aromatic carbocycles. The van der Waals surface area contributed by atoms with E-state index in [1.54, 1.807) is 6.92 Å². The van der Waals surface area contributed by atoms with Crippen LogP contribution in [-0.4, -0.2) is 332 Å². The van der Waals surface area contributed by atoms with Gasteiger partial charge in [-0.05, 0) is 86.5 Å². The fourth-order valence-electron chi connectivity index (χ4n) is 16.3. The van der Waals surface area contributed by atoms with Gasteiger partial charge in [0.1, 0.15) is 134 Å². The van der Waals surface area contributed by atoms with Gasteiger partial charge >= 0.3 is 5.97 Å². The summed E-state index contributed by atoms with van der Waals surface area (Å²) in [6.07, 6.45) is -50.9. The third-order valence-corrected chi connectivity index (χ3v) is 21.2. The first kappa shape index (κ1) is 69.5. The lowest BCUT2D eigenvalue weighted by Gasteiger charge is -2.64. The van der Waals surface area contributed by atoms with Crippen LogP contribution in [0.25, 0.3) is 0 Å². The van der Waals surface area contributed by atoms with Gasteiger partial charge in [-0.15, -0.1) is 0 Å². The third-order valence-electron chi connectivity index (χ3n) is 21.2. The van der Waals surface area contributed by atoms with E-state index in [4.69, 9.17) is 56.8 Å². The highest BCUT2D eigenvalue weighted by atomic mass is 16.8. The predicted octanol–water partition coefficient (Wildman–Crippen LogP) is -9.26. The van der Waals surface area contributed by atoms with Gasteiger partial charge in [0.15, 0.2) is 31.3 Å². The molecule has 0 amide bonds. The summed E-state index contributed by atoms with van der Waals surface area (Å²) in [6, 6.07) is 0. The van der Waals surface area contributed by atoms with Gasteiger partial charge < -0.3 is 154 Å². The molecule has 1 spiro atoms. The molecule has 2 bridgehead atoms. The maximum Gasteiger partial charge on any atom is 0.314 e. The molecule has 19 N–H and O–H groups in total. The van der Waals surface area contributed by atoms with Crippen molar-refractivity contribution in [2.24, 2.45) is 28.1 Å². The topological polar surface area (TPSA) is 529 Å². The second kappa shape index (κ2) is 27.1. The summed E-state index contributed by atoms with van der Waals surface area (Å²) in [5.74, 6) is -2.69. The number of hydrogen-bond acceptors (Lipinski definition) is 33. The molecule has 510 valence electrons. The molecule has 35 atom stereocenters. The normalized spacial score (nSPS) is 53.7. The van der Waals surface area contributed by atoms with Crippen LogP contribution in [0.15, 0.2) is 12.2 Å². The minimum absolute atomic E-state index is 0.166. The average Bonchev–Trinajstić information content (AvgIpc) is 1.62. The molecule has 33 nitrogen and oxygen atoms in total. The van der Waals surface area contributed by atoms with E-state index in [0.717, 1.165) is 0 Å². The van der Waals surface area contributed by atoms with Crippen LogP contribution < -0.4 is 0 Å². The summed E-state index contributed by atoms with van der Waals surface area (Å²) in [6.45, 7) is 2.93. The first-order chi connectivity index (χ1) is 42.1. The maximum atomic E-state index is 15.4. The van der Waals surface area contributed by atoms with Crippen molar-refractivity contribution < 1.29 is 163 Å². The summed E-state index contributed by atoms with van der Waals surface area (Å²) in [4.78, 5) is 29.0. The van der Waals surface area contributed by atoms with Gasteiger partial charge in [-0.2, -0.15) is 0 Å². The van der Waals surface area contributed by atoms with Crippen LogP contribution in [0.3, 0.4) is 0 Å². The highest BCUT2D eigenvalue weighted by molar-refractivity contribution is 5.87. The van der Waals surface area contributed by atoms with Crippen molar-refractivity contribution >= 4 is 11.8 Å². The van der Waals surface area contributed by atoms with Crippen molar-refractivity contribution in [1.29, 1.82) is 0 Å². The van der Waals surface area contributed by atoms with Crippen LogP contribution >= 0.6 is 0 Å². The SMILES string of the molecule is C=C1CC23CCC4C(C)(C(=O)OC5OC(CO)C(O)C(OC6OC(CO)C(O)C(O)C6O)C5OC5OC(CO)C(O)C(O)C5O)CCCC4(C)C2CCC1(OC1OC(CO)C(O)C(OC2OC(CO)C(O)C(O)C2O)C1OC1OC(CO)C(O)C(O)C1=O)C3. The number of aliphatic hydroxyl groups is 19. The van der Waals surface area contributed by atoms with Crippen LogP contribution in [0, 0.1) is 28.1 Å². The van der Waals surface area contributed by atoms with E-state index in [0.29, 0.717) is 44.1 Å². The van der Waals surface area contributed by atoms with E-state index in [2.05, 4.69) is 13.5 Å². The summed E-state index contributed by atoms with van der Waals surface area (Å²) < 4.78 is 72.6. The molecule has 10 fully saturated rings. The summed E-state index contributed by atoms with van der Waals surface area (Å²) in [5.41, 5.74) is -3.31. The van der Waals surface area contributed by atoms with Gasteiger partial charge in [-0.1, -0.05) is 19.9 Å². The second-order valence-corrected chi connectivity index (χ2v) is 26.2. The largest absolute Gasteiger partial charge is 0.432 e. The van der Waals surface area contributed by atoms with E-state index >= 15 is 4.79 Å². The second-order valence-electron chi connectivity index (χ2n) is 26.2. The van der Waals surface area contributed by atoms with E-state index < -0.39 is 257 Å². The minimum Gasteiger partial charge on any atom is -0.432 e. The molecule has 0 aromatic rings. The molecule has 6 heterocycles. The number of rotatable bonds is 18. The number of carbonyl (C=O) groups is 2. The monoisotopic (exact) mass is 1290 g/mol. The zero-order chi connectivity index (χ0) is 64.7. The predicted molar refractivity (Wildman–Crippen MR) is 283 cm³/mol.